The van der Waals surface area contributed by atoms with Crippen LogP contribution in [0.3, 0.4) is 0 Å². The average Bonchev–Trinajstić information content (AvgIpc) is 3.02. The molecule has 38 heavy (non-hydrogen) atoms. The third kappa shape index (κ3) is 7.37. The van der Waals surface area contributed by atoms with E-state index < -0.39 is 82.5 Å². The number of nitrogens with zero attached hydrogens (tertiary/aromatic N) is 1. The Bertz CT molecular complexity index is 983. The highest BCUT2D eigenvalue weighted by Gasteiger charge is 2.61. The molecule has 216 valence electrons. The molecule has 1 saturated heterocycles. The van der Waals surface area contributed by atoms with E-state index in [2.05, 4.69) is 16.0 Å². The summed E-state index contributed by atoms with van der Waals surface area (Å²) in [6.45, 7) is 14.5. The molecule has 0 spiro atoms. The number of nitrogens with one attached hydrogen (secondary N) is 3. The Hall–Kier alpha value is -2.86. The van der Waals surface area contributed by atoms with E-state index in [1.54, 1.807) is 41.5 Å². The lowest BCUT2D eigenvalue weighted by molar-refractivity contribution is -0.155. The molecule has 5 N–H and O–H groups in total. The van der Waals surface area contributed by atoms with Crippen molar-refractivity contribution in [1.82, 2.24) is 20.9 Å². The summed E-state index contributed by atoms with van der Waals surface area (Å²) in [6, 6.07) is -5.08. The van der Waals surface area contributed by atoms with Crippen LogP contribution >= 0.6 is 0 Å². The summed E-state index contributed by atoms with van der Waals surface area (Å²) in [5.74, 6) is -5.23. The molecule has 5 amide bonds. The second kappa shape index (κ2) is 10.4. The number of hydrogen-bond donors (Lipinski definition) is 4. The Balaban J connectivity index is 2.41. The van der Waals surface area contributed by atoms with Crippen LogP contribution in [0.1, 0.15) is 68.2 Å². The first-order valence-electron chi connectivity index (χ1n) is 12.5. The zero-order chi connectivity index (χ0) is 29.6. The van der Waals surface area contributed by atoms with Crippen molar-refractivity contribution in [3.63, 3.8) is 0 Å². The number of carbonyl (C=O) groups excluding carboxylic acids is 5. The number of carbonyl (C=O) groups is 5. The van der Waals surface area contributed by atoms with E-state index in [1.807, 2.05) is 13.8 Å². The van der Waals surface area contributed by atoms with E-state index in [-0.39, 0.29) is 12.5 Å². The zero-order valence-electron chi connectivity index (χ0n) is 23.2. The molecular weight excluding hydrogens is 507 g/mol. The van der Waals surface area contributed by atoms with Crippen molar-refractivity contribution in [3.05, 3.63) is 0 Å². The van der Waals surface area contributed by atoms with Crippen molar-refractivity contribution >= 4 is 29.5 Å². The summed E-state index contributed by atoms with van der Waals surface area (Å²) in [6.07, 6.45) is -5.97. The standard InChI is InChI=1S/C25H40F3N5O5/c1-22(2,3)17(31-21(38)32-23(4,5)6)20(37)33-11-12-9-24(7,8)14(12)15(33)19(36)30-13(10-25(26,27)28)16(34)18(29)35/h12-15,17H,9-11H2,1-8H3,(H2,29,35)(H,30,36)(H2,31,32,38)/t12-,13?,14-,15-,17+/m0/s1. The number of halogens is 3. The van der Waals surface area contributed by atoms with E-state index >= 15 is 0 Å². The number of Topliss-reactive ketones (excluding diaryl/α,β-unsaturated/α-hetero) is 1. The summed E-state index contributed by atoms with van der Waals surface area (Å²) < 4.78 is 39.4. The molecule has 0 aromatic carbocycles. The molecule has 2 aliphatic rings. The molecule has 1 unspecified atom stereocenters. The highest BCUT2D eigenvalue weighted by atomic mass is 19.4. The van der Waals surface area contributed by atoms with Crippen molar-refractivity contribution in [1.29, 1.82) is 0 Å². The van der Waals surface area contributed by atoms with Gasteiger partial charge in [-0.3, -0.25) is 19.2 Å². The smallest absolute Gasteiger partial charge is 0.363 e. The van der Waals surface area contributed by atoms with E-state index in [0.29, 0.717) is 6.42 Å². The monoisotopic (exact) mass is 547 g/mol. The van der Waals surface area contributed by atoms with Gasteiger partial charge in [-0.05, 0) is 49.9 Å². The second-order valence-corrected chi connectivity index (χ2v) is 13.2. The molecule has 0 aromatic heterocycles. The van der Waals surface area contributed by atoms with Crippen LogP contribution in [0.4, 0.5) is 18.0 Å². The van der Waals surface area contributed by atoms with Crippen molar-refractivity contribution in [2.24, 2.45) is 28.4 Å². The summed E-state index contributed by atoms with van der Waals surface area (Å²) in [7, 11) is 0. The quantitative estimate of drug-likeness (QED) is 0.359. The maximum absolute atomic E-state index is 13.9. The number of ketones is 1. The fraction of sp³-hybridized carbons (Fsp3) is 0.800. The van der Waals surface area contributed by atoms with Crippen LogP contribution in [0.15, 0.2) is 0 Å². The van der Waals surface area contributed by atoms with Gasteiger partial charge in [0, 0.05) is 12.1 Å². The maximum atomic E-state index is 13.9. The Kier molecular flexibility index (Phi) is 8.55. The molecule has 13 heteroatoms. The van der Waals surface area contributed by atoms with Gasteiger partial charge in [0.05, 0.1) is 6.42 Å². The van der Waals surface area contributed by atoms with Gasteiger partial charge < -0.3 is 26.6 Å². The van der Waals surface area contributed by atoms with Crippen LogP contribution in [0.25, 0.3) is 0 Å². The summed E-state index contributed by atoms with van der Waals surface area (Å²) in [5, 5.41) is 7.47. The largest absolute Gasteiger partial charge is 0.391 e. The van der Waals surface area contributed by atoms with Crippen molar-refractivity contribution in [2.75, 3.05) is 6.54 Å². The Morgan fingerprint density at radius 1 is 1.00 bits per heavy atom. The number of amides is 5. The molecule has 1 aliphatic heterocycles. The molecule has 0 radical (unpaired) electrons. The van der Waals surface area contributed by atoms with E-state index in [9.17, 15) is 37.1 Å². The lowest BCUT2D eigenvalue weighted by Crippen LogP contribution is -2.62. The summed E-state index contributed by atoms with van der Waals surface area (Å²) in [5.41, 5.74) is 3.14. The highest BCUT2D eigenvalue weighted by molar-refractivity contribution is 6.37. The lowest BCUT2D eigenvalue weighted by atomic mass is 9.55. The molecule has 0 bridgehead atoms. The minimum Gasteiger partial charge on any atom is -0.363 e. The lowest BCUT2D eigenvalue weighted by Gasteiger charge is -2.49. The Morgan fingerprint density at radius 3 is 1.97 bits per heavy atom. The van der Waals surface area contributed by atoms with Gasteiger partial charge in [-0.1, -0.05) is 34.6 Å². The minimum atomic E-state index is -4.87. The van der Waals surface area contributed by atoms with Gasteiger partial charge in [-0.15, -0.1) is 0 Å². The number of rotatable bonds is 7. The topological polar surface area (TPSA) is 151 Å². The first-order valence-corrected chi connectivity index (χ1v) is 12.5. The zero-order valence-corrected chi connectivity index (χ0v) is 23.2. The van der Waals surface area contributed by atoms with Gasteiger partial charge in [0.25, 0.3) is 5.91 Å². The number of primary amides is 1. The van der Waals surface area contributed by atoms with Gasteiger partial charge in [0.1, 0.15) is 18.1 Å². The number of likely N-dealkylation sites (tertiary alicyclic amines) is 1. The van der Waals surface area contributed by atoms with Gasteiger partial charge in [0.2, 0.25) is 17.6 Å². The third-order valence-electron chi connectivity index (χ3n) is 7.05. The fourth-order valence-electron chi connectivity index (χ4n) is 5.56. The first-order chi connectivity index (χ1) is 16.9. The van der Waals surface area contributed by atoms with Crippen molar-refractivity contribution in [3.8, 4) is 0 Å². The van der Waals surface area contributed by atoms with Crippen LogP contribution in [0, 0.1) is 22.7 Å². The Morgan fingerprint density at radius 2 is 1.55 bits per heavy atom. The Labute approximate surface area is 221 Å². The highest BCUT2D eigenvalue weighted by Crippen LogP contribution is 2.57. The second-order valence-electron chi connectivity index (χ2n) is 13.2. The van der Waals surface area contributed by atoms with Crippen molar-refractivity contribution < 1.29 is 37.1 Å². The van der Waals surface area contributed by atoms with Gasteiger partial charge >= 0.3 is 12.2 Å². The average molecular weight is 548 g/mol. The third-order valence-corrected chi connectivity index (χ3v) is 7.05. The number of alkyl halides is 3. The van der Waals surface area contributed by atoms with E-state index in [1.165, 1.54) is 4.90 Å². The predicted octanol–water partition coefficient (Wildman–Crippen LogP) is 1.86. The summed E-state index contributed by atoms with van der Waals surface area (Å²) in [4.78, 5) is 64.8. The molecule has 1 aliphatic carbocycles. The van der Waals surface area contributed by atoms with Gasteiger partial charge in [-0.2, -0.15) is 13.2 Å². The van der Waals surface area contributed by atoms with Gasteiger partial charge in [-0.25, -0.2) is 4.79 Å². The van der Waals surface area contributed by atoms with Crippen molar-refractivity contribution in [2.45, 2.75) is 98.1 Å². The van der Waals surface area contributed by atoms with Crippen LogP contribution in [0.2, 0.25) is 0 Å². The molecule has 5 atom stereocenters. The molecule has 10 nitrogen and oxygen atoms in total. The van der Waals surface area contributed by atoms with Crippen LogP contribution in [-0.2, 0) is 19.2 Å². The molecule has 2 rings (SSSR count). The number of fused-ring (bicyclic) bond motifs is 1. The van der Waals surface area contributed by atoms with E-state index in [4.69, 9.17) is 5.73 Å². The molecule has 0 aromatic rings. The molecular formula is C25H40F3N5O5. The minimum absolute atomic E-state index is 0.0957. The first kappa shape index (κ1) is 31.4. The van der Waals surface area contributed by atoms with E-state index in [0.717, 1.165) is 0 Å². The van der Waals surface area contributed by atoms with Gasteiger partial charge in [0.15, 0.2) is 0 Å². The molecule has 2 fully saturated rings. The van der Waals surface area contributed by atoms with Crippen LogP contribution in [-0.4, -0.2) is 70.8 Å². The molecule has 1 heterocycles. The number of nitrogens with two attached hydrogens (primary N) is 1. The number of urea groups is 1. The maximum Gasteiger partial charge on any atom is 0.391 e. The van der Waals surface area contributed by atoms with Crippen LogP contribution < -0.4 is 21.7 Å². The summed E-state index contributed by atoms with van der Waals surface area (Å²) >= 11 is 0. The molecule has 1 saturated carbocycles. The normalized spacial score (nSPS) is 24.4. The number of hydrogen-bond acceptors (Lipinski definition) is 5. The fourth-order valence-corrected chi connectivity index (χ4v) is 5.56. The predicted molar refractivity (Wildman–Crippen MR) is 132 cm³/mol. The van der Waals surface area contributed by atoms with Crippen LogP contribution in [0.5, 0.6) is 0 Å². The SMILES string of the molecule is CC(C)(C)NC(=O)N[C@H](C(=O)N1C[C@@H]2CC(C)(C)[C@@H]2[C@H]1C(=O)NC(CC(F)(F)F)C(=O)C(N)=O)C(C)(C)C.